The number of hydrogen-bond donors (Lipinski definition) is 0. The number of hydrogen-bond acceptors (Lipinski definition) is 3. The van der Waals surface area contributed by atoms with Crippen molar-refractivity contribution >= 4 is 11.8 Å². The zero-order valence-electron chi connectivity index (χ0n) is 14.8. The highest BCUT2D eigenvalue weighted by Crippen LogP contribution is 2.20. The third-order valence-electron chi connectivity index (χ3n) is 5.31. The summed E-state index contributed by atoms with van der Waals surface area (Å²) in [5.74, 6) is 0.222. The van der Waals surface area contributed by atoms with Gasteiger partial charge in [0.2, 0.25) is 0 Å². The molecule has 2 saturated heterocycles. The van der Waals surface area contributed by atoms with E-state index < -0.39 is 0 Å². The Balaban J connectivity index is 1.26. The van der Waals surface area contributed by atoms with E-state index in [1.807, 2.05) is 70.5 Å². The minimum absolute atomic E-state index is 0.111. The van der Waals surface area contributed by atoms with Crippen LogP contribution in [-0.2, 0) is 0 Å². The van der Waals surface area contributed by atoms with Crippen LogP contribution in [0.1, 0.15) is 20.7 Å². The van der Waals surface area contributed by atoms with Crippen molar-refractivity contribution in [2.75, 3.05) is 39.3 Å². The predicted molar refractivity (Wildman–Crippen MR) is 100 cm³/mol. The molecule has 2 heterocycles. The van der Waals surface area contributed by atoms with Crippen molar-refractivity contribution in [3.05, 3.63) is 71.8 Å². The summed E-state index contributed by atoms with van der Waals surface area (Å²) < 4.78 is 0. The first kappa shape index (κ1) is 16.8. The standard InChI is InChI=1S/C21H23N3O2/c25-20(17-7-3-1-4-8-17)23-13-11-22(12-14-23)19-15-24(16-19)21(26)18-9-5-2-6-10-18/h1-10,19H,11-16H2. The van der Waals surface area contributed by atoms with Gasteiger partial charge in [0.1, 0.15) is 0 Å². The molecule has 5 heteroatoms. The first-order valence-electron chi connectivity index (χ1n) is 9.15. The molecule has 134 valence electrons. The number of amides is 2. The Labute approximate surface area is 153 Å². The molecule has 0 saturated carbocycles. The fourth-order valence-electron chi connectivity index (χ4n) is 3.67. The summed E-state index contributed by atoms with van der Waals surface area (Å²) in [7, 11) is 0. The quantitative estimate of drug-likeness (QED) is 0.851. The average molecular weight is 349 g/mol. The summed E-state index contributed by atoms with van der Waals surface area (Å²) in [6.45, 7) is 4.79. The van der Waals surface area contributed by atoms with Gasteiger partial charge in [-0.2, -0.15) is 0 Å². The first-order valence-corrected chi connectivity index (χ1v) is 9.15. The van der Waals surface area contributed by atoms with E-state index in [2.05, 4.69) is 4.90 Å². The minimum Gasteiger partial charge on any atom is -0.336 e. The van der Waals surface area contributed by atoms with Crippen LogP contribution in [0.25, 0.3) is 0 Å². The molecule has 2 amide bonds. The Morgan fingerprint density at radius 1 is 0.654 bits per heavy atom. The predicted octanol–water partition coefficient (Wildman–Crippen LogP) is 1.97. The summed E-state index contributed by atoms with van der Waals surface area (Å²) in [6, 6.07) is 19.3. The fourth-order valence-corrected chi connectivity index (χ4v) is 3.67. The largest absolute Gasteiger partial charge is 0.336 e. The fraction of sp³-hybridized carbons (Fsp3) is 0.333. The highest BCUT2D eigenvalue weighted by molar-refractivity contribution is 5.95. The van der Waals surface area contributed by atoms with Crippen molar-refractivity contribution in [3.8, 4) is 0 Å². The smallest absolute Gasteiger partial charge is 0.253 e. The van der Waals surface area contributed by atoms with E-state index in [0.29, 0.717) is 6.04 Å². The molecule has 2 aromatic rings. The first-order chi connectivity index (χ1) is 12.7. The molecule has 2 fully saturated rings. The highest BCUT2D eigenvalue weighted by atomic mass is 16.2. The second kappa shape index (κ2) is 7.30. The monoisotopic (exact) mass is 349 g/mol. The molecule has 0 unspecified atom stereocenters. The summed E-state index contributed by atoms with van der Waals surface area (Å²) in [5, 5.41) is 0. The van der Waals surface area contributed by atoms with E-state index >= 15 is 0 Å². The molecular formula is C21H23N3O2. The van der Waals surface area contributed by atoms with E-state index in [1.54, 1.807) is 0 Å². The van der Waals surface area contributed by atoms with Gasteiger partial charge in [-0.1, -0.05) is 36.4 Å². The van der Waals surface area contributed by atoms with Crippen molar-refractivity contribution in [1.82, 2.24) is 14.7 Å². The van der Waals surface area contributed by atoms with Crippen molar-refractivity contribution in [2.24, 2.45) is 0 Å². The third kappa shape index (κ3) is 3.35. The number of benzene rings is 2. The number of carbonyl (C=O) groups excluding carboxylic acids is 2. The van der Waals surface area contributed by atoms with Crippen LogP contribution >= 0.6 is 0 Å². The highest BCUT2D eigenvalue weighted by Gasteiger charge is 2.36. The maximum atomic E-state index is 12.5. The zero-order chi connectivity index (χ0) is 17.9. The SMILES string of the molecule is O=C(c1ccccc1)N1CCN(C2CN(C(=O)c3ccccc3)C2)CC1. The Hall–Kier alpha value is -2.66. The topological polar surface area (TPSA) is 43.9 Å². The average Bonchev–Trinajstić information content (AvgIpc) is 2.68. The van der Waals surface area contributed by atoms with Crippen molar-refractivity contribution < 1.29 is 9.59 Å². The molecular weight excluding hydrogens is 326 g/mol. The number of rotatable bonds is 3. The summed E-state index contributed by atoms with van der Waals surface area (Å²) >= 11 is 0. The minimum atomic E-state index is 0.111. The van der Waals surface area contributed by atoms with Crippen LogP contribution in [0.4, 0.5) is 0 Å². The Kier molecular flexibility index (Phi) is 4.71. The molecule has 0 spiro atoms. The summed E-state index contributed by atoms with van der Waals surface area (Å²) in [5.41, 5.74) is 1.51. The van der Waals surface area contributed by atoms with Crippen molar-refractivity contribution in [1.29, 1.82) is 0 Å². The molecule has 0 aromatic heterocycles. The van der Waals surface area contributed by atoms with Crippen LogP contribution in [-0.4, -0.2) is 71.8 Å². The lowest BCUT2D eigenvalue weighted by Gasteiger charge is -2.48. The second-order valence-electron chi connectivity index (χ2n) is 6.92. The molecule has 2 aliphatic heterocycles. The number of carbonyl (C=O) groups is 2. The molecule has 0 N–H and O–H groups in total. The van der Waals surface area contributed by atoms with Crippen LogP contribution < -0.4 is 0 Å². The second-order valence-corrected chi connectivity index (χ2v) is 6.92. The summed E-state index contributed by atoms with van der Waals surface area (Å²) in [6.07, 6.45) is 0. The van der Waals surface area contributed by atoms with E-state index in [1.165, 1.54) is 0 Å². The van der Waals surface area contributed by atoms with Crippen LogP contribution in [0.15, 0.2) is 60.7 Å². The molecule has 0 radical (unpaired) electrons. The molecule has 2 aliphatic rings. The van der Waals surface area contributed by atoms with Gasteiger partial charge in [0.15, 0.2) is 0 Å². The summed E-state index contributed by atoms with van der Waals surface area (Å²) in [4.78, 5) is 31.2. The van der Waals surface area contributed by atoms with Gasteiger partial charge >= 0.3 is 0 Å². The molecule has 0 aliphatic carbocycles. The lowest BCUT2D eigenvalue weighted by atomic mass is 10.0. The van der Waals surface area contributed by atoms with Crippen LogP contribution in [0.2, 0.25) is 0 Å². The van der Waals surface area contributed by atoms with Gasteiger partial charge in [0, 0.05) is 56.4 Å². The van der Waals surface area contributed by atoms with Gasteiger partial charge in [-0.05, 0) is 24.3 Å². The lowest BCUT2D eigenvalue weighted by molar-refractivity contribution is 0.00854. The maximum absolute atomic E-state index is 12.5. The van der Waals surface area contributed by atoms with Crippen LogP contribution in [0.3, 0.4) is 0 Å². The van der Waals surface area contributed by atoms with E-state index in [-0.39, 0.29) is 11.8 Å². The molecule has 0 bridgehead atoms. The Morgan fingerprint density at radius 3 is 1.62 bits per heavy atom. The van der Waals surface area contributed by atoms with Gasteiger partial charge in [0.25, 0.3) is 11.8 Å². The number of likely N-dealkylation sites (tertiary alicyclic amines) is 1. The Bertz CT molecular complexity index is 764. The zero-order valence-corrected chi connectivity index (χ0v) is 14.8. The van der Waals surface area contributed by atoms with E-state index in [4.69, 9.17) is 0 Å². The van der Waals surface area contributed by atoms with Crippen molar-refractivity contribution in [2.45, 2.75) is 6.04 Å². The van der Waals surface area contributed by atoms with Gasteiger partial charge in [-0.25, -0.2) is 0 Å². The molecule has 0 atom stereocenters. The maximum Gasteiger partial charge on any atom is 0.253 e. The third-order valence-corrected chi connectivity index (χ3v) is 5.31. The molecule has 5 nitrogen and oxygen atoms in total. The van der Waals surface area contributed by atoms with Crippen LogP contribution in [0.5, 0.6) is 0 Å². The van der Waals surface area contributed by atoms with Crippen LogP contribution in [0, 0.1) is 0 Å². The normalized spacial score (nSPS) is 18.5. The number of piperazine rings is 1. The molecule has 26 heavy (non-hydrogen) atoms. The van der Waals surface area contributed by atoms with Gasteiger partial charge < -0.3 is 9.80 Å². The Morgan fingerprint density at radius 2 is 1.12 bits per heavy atom. The van der Waals surface area contributed by atoms with Gasteiger partial charge in [0.05, 0.1) is 0 Å². The van der Waals surface area contributed by atoms with E-state index in [9.17, 15) is 9.59 Å². The van der Waals surface area contributed by atoms with E-state index in [0.717, 1.165) is 50.4 Å². The molecule has 2 aromatic carbocycles. The molecule has 4 rings (SSSR count). The van der Waals surface area contributed by atoms with Gasteiger partial charge in [-0.3, -0.25) is 14.5 Å². The van der Waals surface area contributed by atoms with Crippen molar-refractivity contribution in [3.63, 3.8) is 0 Å². The number of nitrogens with zero attached hydrogens (tertiary/aromatic N) is 3. The lowest BCUT2D eigenvalue weighted by Crippen LogP contribution is -2.64. The van der Waals surface area contributed by atoms with Gasteiger partial charge in [-0.15, -0.1) is 0 Å².